The van der Waals surface area contributed by atoms with Gasteiger partial charge in [-0.05, 0) is 0 Å². The van der Waals surface area contributed by atoms with Gasteiger partial charge < -0.3 is 12.2 Å². The van der Waals surface area contributed by atoms with Crippen molar-refractivity contribution in [3.05, 3.63) is 24.3 Å². The van der Waals surface area contributed by atoms with Crippen molar-refractivity contribution in [1.29, 1.82) is 0 Å². The van der Waals surface area contributed by atoms with Crippen LogP contribution in [0.3, 0.4) is 0 Å². The summed E-state index contributed by atoms with van der Waals surface area (Å²) in [5.74, 6) is 0. The predicted octanol–water partition coefficient (Wildman–Crippen LogP) is 4.44. The van der Waals surface area contributed by atoms with Crippen LogP contribution in [0.25, 0.3) is 0 Å². The van der Waals surface area contributed by atoms with E-state index < -0.39 is 16.5 Å². The molecule has 0 saturated heterocycles. The molecule has 76 valence electrons. The monoisotopic (exact) mass is 388 g/mol. The first-order valence-corrected chi connectivity index (χ1v) is 11.7. The SMILES string of the molecule is [C-]1=CCCC1.[C-]1=CCCC1.[Cl][W][Cl]. The second kappa shape index (κ2) is 12.7. The third-order valence-electron chi connectivity index (χ3n) is 1.63. The van der Waals surface area contributed by atoms with Gasteiger partial charge in [0.2, 0.25) is 0 Å². The third-order valence-corrected chi connectivity index (χ3v) is 1.63. The van der Waals surface area contributed by atoms with Crippen LogP contribution < -0.4 is 0 Å². The zero-order valence-corrected chi connectivity index (χ0v) is 12.0. The standard InChI is InChI=1S/2C5H7.2ClH.W/c2*1-2-4-5-3-1;;;/h2*1H,2,4-5H2;2*1H;/q2*-1;;;+2/p-2. The van der Waals surface area contributed by atoms with Crippen molar-refractivity contribution in [1.82, 2.24) is 0 Å². The van der Waals surface area contributed by atoms with E-state index >= 15 is 0 Å². The summed E-state index contributed by atoms with van der Waals surface area (Å²) in [5, 5.41) is 0. The first-order valence-electron chi connectivity index (χ1n) is 4.41. The zero-order valence-electron chi connectivity index (χ0n) is 7.56. The number of hydrogen-bond acceptors (Lipinski definition) is 0. The molecular formula is C10H14Cl2W-2. The van der Waals surface area contributed by atoms with E-state index in [1.807, 2.05) is 0 Å². The third kappa shape index (κ3) is 12.7. The number of allylic oxidation sites excluding steroid dienone is 4. The second-order valence-corrected chi connectivity index (χ2v) is 6.90. The van der Waals surface area contributed by atoms with Gasteiger partial charge >= 0.3 is 35.3 Å². The van der Waals surface area contributed by atoms with Crippen LogP contribution in [0.5, 0.6) is 0 Å². The van der Waals surface area contributed by atoms with Crippen molar-refractivity contribution in [2.24, 2.45) is 0 Å². The van der Waals surface area contributed by atoms with Crippen molar-refractivity contribution in [2.45, 2.75) is 38.5 Å². The molecule has 0 bridgehead atoms. The molecule has 0 radical (unpaired) electrons. The molecule has 0 aromatic rings. The average Bonchev–Trinajstić information content (AvgIpc) is 2.85. The molecule has 2 rings (SSSR count). The second-order valence-electron chi connectivity index (χ2n) is 2.66. The molecule has 2 aliphatic carbocycles. The molecule has 13 heavy (non-hydrogen) atoms. The molecule has 3 heteroatoms. The van der Waals surface area contributed by atoms with Crippen LogP contribution in [-0.2, 0) is 16.5 Å². The maximum absolute atomic E-state index is 4.93. The maximum atomic E-state index is 4.93. The van der Waals surface area contributed by atoms with Gasteiger partial charge in [0.1, 0.15) is 0 Å². The van der Waals surface area contributed by atoms with Crippen molar-refractivity contribution < 1.29 is 16.5 Å². The fourth-order valence-corrected chi connectivity index (χ4v) is 1.02. The Balaban J connectivity index is 0.000000174. The molecule has 0 spiro atoms. The Morgan fingerprint density at radius 1 is 0.923 bits per heavy atom. The Kier molecular flexibility index (Phi) is 13.5. The topological polar surface area (TPSA) is 0 Å². The molecule has 0 N–H and O–H groups in total. The number of rotatable bonds is 0. The van der Waals surface area contributed by atoms with Crippen LogP contribution in [0.15, 0.2) is 12.2 Å². The minimum atomic E-state index is -0.806. The van der Waals surface area contributed by atoms with Crippen molar-refractivity contribution in [3.8, 4) is 0 Å². The van der Waals surface area contributed by atoms with Gasteiger partial charge in [-0.1, -0.05) is 25.7 Å². The van der Waals surface area contributed by atoms with Gasteiger partial charge in [0.25, 0.3) is 0 Å². The fraction of sp³-hybridized carbons (Fsp3) is 0.600. The van der Waals surface area contributed by atoms with Gasteiger partial charge in [-0.25, -0.2) is 0 Å². The Hall–Kier alpha value is 0.748. The number of hydrogen-bond donors (Lipinski definition) is 0. The molecule has 0 amide bonds. The fourth-order valence-electron chi connectivity index (χ4n) is 1.02. The molecule has 2 aliphatic rings. The van der Waals surface area contributed by atoms with Crippen LogP contribution in [0, 0.1) is 12.2 Å². The summed E-state index contributed by atoms with van der Waals surface area (Å²) in [7, 11) is 9.86. The summed E-state index contributed by atoms with van der Waals surface area (Å²) in [5.41, 5.74) is 0. The molecule has 0 atom stereocenters. The Morgan fingerprint density at radius 2 is 1.31 bits per heavy atom. The van der Waals surface area contributed by atoms with E-state index in [4.69, 9.17) is 18.8 Å². The van der Waals surface area contributed by atoms with Crippen molar-refractivity contribution in [3.63, 3.8) is 0 Å². The van der Waals surface area contributed by atoms with Crippen molar-refractivity contribution in [2.75, 3.05) is 0 Å². The molecule has 0 heterocycles. The Bertz CT molecular complexity index is 116. The normalized spacial score (nSPS) is 17.4. The predicted molar refractivity (Wildman–Crippen MR) is 55.0 cm³/mol. The van der Waals surface area contributed by atoms with E-state index in [-0.39, 0.29) is 0 Å². The van der Waals surface area contributed by atoms with E-state index in [0.29, 0.717) is 0 Å². The minimum absolute atomic E-state index is 0.806. The van der Waals surface area contributed by atoms with Gasteiger partial charge in [-0.3, -0.25) is 12.2 Å². The van der Waals surface area contributed by atoms with E-state index in [0.717, 1.165) is 0 Å². The summed E-state index contributed by atoms with van der Waals surface area (Å²) in [6.07, 6.45) is 18.0. The van der Waals surface area contributed by atoms with Gasteiger partial charge in [0, 0.05) is 0 Å². The molecule has 0 fully saturated rings. The van der Waals surface area contributed by atoms with Gasteiger partial charge in [-0.2, -0.15) is 12.8 Å². The van der Waals surface area contributed by atoms with Crippen LogP contribution in [0.4, 0.5) is 0 Å². The van der Waals surface area contributed by atoms with Gasteiger partial charge in [0.05, 0.1) is 0 Å². The summed E-state index contributed by atoms with van der Waals surface area (Å²) in [6, 6.07) is 0. The molecular weight excluding hydrogens is 375 g/mol. The van der Waals surface area contributed by atoms with Crippen LogP contribution in [0.1, 0.15) is 38.5 Å². The Labute approximate surface area is 97.8 Å². The molecule has 0 saturated carbocycles. The number of halogens is 2. The van der Waals surface area contributed by atoms with E-state index in [1.165, 1.54) is 38.5 Å². The summed E-state index contributed by atoms with van der Waals surface area (Å²) < 4.78 is 0. The van der Waals surface area contributed by atoms with E-state index in [2.05, 4.69) is 24.3 Å². The molecule has 0 nitrogen and oxygen atoms in total. The Morgan fingerprint density at radius 3 is 1.38 bits per heavy atom. The molecule has 0 aromatic heterocycles. The molecule has 0 unspecified atom stereocenters. The first kappa shape index (κ1) is 13.7. The van der Waals surface area contributed by atoms with Crippen LogP contribution in [0.2, 0.25) is 0 Å². The van der Waals surface area contributed by atoms with Crippen LogP contribution >= 0.6 is 18.8 Å². The van der Waals surface area contributed by atoms with Gasteiger partial charge in [-0.15, -0.1) is 0 Å². The quantitative estimate of drug-likeness (QED) is 0.538. The summed E-state index contributed by atoms with van der Waals surface area (Å²) in [4.78, 5) is 0. The first-order chi connectivity index (χ1) is 6.41. The van der Waals surface area contributed by atoms with Crippen LogP contribution in [-0.4, -0.2) is 0 Å². The van der Waals surface area contributed by atoms with Gasteiger partial charge in [0.15, 0.2) is 0 Å². The average molecular weight is 389 g/mol. The zero-order chi connectivity index (χ0) is 9.78. The molecule has 0 aromatic carbocycles. The summed E-state index contributed by atoms with van der Waals surface area (Å²) >= 11 is -0.806. The van der Waals surface area contributed by atoms with E-state index in [1.54, 1.807) is 0 Å². The molecule has 0 aliphatic heterocycles. The van der Waals surface area contributed by atoms with Crippen molar-refractivity contribution >= 4 is 18.8 Å². The van der Waals surface area contributed by atoms with E-state index in [9.17, 15) is 0 Å². The summed E-state index contributed by atoms with van der Waals surface area (Å²) in [6.45, 7) is 0.